The fourth-order valence-corrected chi connectivity index (χ4v) is 3.59. The highest BCUT2D eigenvalue weighted by Gasteiger charge is 2.28. The van der Waals surface area contributed by atoms with Crippen LogP contribution in [0.25, 0.3) is 11.3 Å². The van der Waals surface area contributed by atoms with Crippen LogP contribution in [0.5, 0.6) is 17.4 Å². The molecule has 1 fully saturated rings. The number of hydrogen-bond donors (Lipinski definition) is 2. The lowest BCUT2D eigenvalue weighted by Crippen LogP contribution is -2.23. The summed E-state index contributed by atoms with van der Waals surface area (Å²) in [6.07, 6.45) is 2.42. The number of nitrogens with one attached hydrogen (secondary N) is 1. The number of benzene rings is 1. The minimum absolute atomic E-state index is 0.0168. The Kier molecular flexibility index (Phi) is 4.85. The number of ether oxygens (including phenoxy) is 3. The molecule has 1 saturated carbocycles. The van der Waals surface area contributed by atoms with E-state index in [4.69, 9.17) is 19.9 Å². The molecular formula is C20H23N3O4. The summed E-state index contributed by atoms with van der Waals surface area (Å²) < 4.78 is 16.8. The van der Waals surface area contributed by atoms with Crippen LogP contribution in [0.15, 0.2) is 30.3 Å². The van der Waals surface area contributed by atoms with Gasteiger partial charge in [0.05, 0.1) is 12.8 Å². The van der Waals surface area contributed by atoms with Gasteiger partial charge in [0.2, 0.25) is 11.8 Å². The van der Waals surface area contributed by atoms with Crippen molar-refractivity contribution >= 4 is 11.6 Å². The maximum absolute atomic E-state index is 12.6. The summed E-state index contributed by atoms with van der Waals surface area (Å²) in [5, 5.41) is 2.98. The molecule has 4 rings (SSSR count). The average molecular weight is 369 g/mol. The van der Waals surface area contributed by atoms with Gasteiger partial charge in [-0.2, -0.15) is 0 Å². The topological polar surface area (TPSA) is 95.7 Å². The first-order chi connectivity index (χ1) is 13.1. The molecule has 3 N–H and O–H groups in total. The second kappa shape index (κ2) is 7.44. The largest absolute Gasteiger partial charge is 0.486 e. The number of carbonyl (C=O) groups excluding carboxylic acids is 1. The Labute approximate surface area is 157 Å². The van der Waals surface area contributed by atoms with Gasteiger partial charge in [-0.3, -0.25) is 4.79 Å². The van der Waals surface area contributed by atoms with Crippen molar-refractivity contribution in [1.82, 2.24) is 4.98 Å². The Hall–Kier alpha value is -2.80. The summed E-state index contributed by atoms with van der Waals surface area (Å²) in [5.74, 6) is 1.69. The summed E-state index contributed by atoms with van der Waals surface area (Å²) in [7, 11) is 1.55. The monoisotopic (exact) mass is 369 g/mol. The zero-order valence-electron chi connectivity index (χ0n) is 15.2. The smallest absolute Gasteiger partial charge is 0.227 e. The molecule has 2 aliphatic rings. The van der Waals surface area contributed by atoms with E-state index in [1.54, 1.807) is 13.2 Å². The van der Waals surface area contributed by atoms with Crippen LogP contribution >= 0.6 is 0 Å². The fourth-order valence-electron chi connectivity index (χ4n) is 3.59. The van der Waals surface area contributed by atoms with Crippen LogP contribution in [-0.2, 0) is 4.79 Å². The van der Waals surface area contributed by atoms with Gasteiger partial charge in [0.1, 0.15) is 13.2 Å². The van der Waals surface area contributed by atoms with Crippen LogP contribution in [0.2, 0.25) is 0 Å². The highest BCUT2D eigenvalue weighted by atomic mass is 16.6. The number of para-hydroxylation sites is 1. The SMILES string of the molecule is COc1cc(NC(=O)[C@@H]2CC[C@H](N)C2)cc(-c2cccc3c2OCCO3)n1. The van der Waals surface area contributed by atoms with Crippen LogP contribution in [0, 0.1) is 5.92 Å². The predicted octanol–water partition coefficient (Wildman–Crippen LogP) is 2.59. The molecule has 1 aliphatic carbocycles. The van der Waals surface area contributed by atoms with Crippen molar-refractivity contribution in [3.05, 3.63) is 30.3 Å². The average Bonchev–Trinajstić information content (AvgIpc) is 3.13. The summed E-state index contributed by atoms with van der Waals surface area (Å²) in [6, 6.07) is 9.31. The van der Waals surface area contributed by atoms with Gasteiger partial charge in [0.25, 0.3) is 0 Å². The van der Waals surface area contributed by atoms with Gasteiger partial charge < -0.3 is 25.3 Å². The first-order valence-corrected chi connectivity index (χ1v) is 9.15. The Morgan fingerprint density at radius 3 is 2.89 bits per heavy atom. The van der Waals surface area contributed by atoms with E-state index in [9.17, 15) is 4.79 Å². The third-order valence-corrected chi connectivity index (χ3v) is 4.96. The molecule has 0 bridgehead atoms. The van der Waals surface area contributed by atoms with Crippen LogP contribution < -0.4 is 25.3 Å². The van der Waals surface area contributed by atoms with Gasteiger partial charge in [-0.1, -0.05) is 6.07 Å². The fraction of sp³-hybridized carbons (Fsp3) is 0.400. The molecule has 1 aromatic heterocycles. The Morgan fingerprint density at radius 2 is 2.11 bits per heavy atom. The number of amides is 1. The molecule has 2 heterocycles. The summed E-state index contributed by atoms with van der Waals surface area (Å²) in [6.45, 7) is 1.01. The van der Waals surface area contributed by atoms with E-state index in [1.165, 1.54) is 0 Å². The summed E-state index contributed by atoms with van der Waals surface area (Å²) in [4.78, 5) is 17.1. The normalized spacial score (nSPS) is 21.0. The van der Waals surface area contributed by atoms with Gasteiger partial charge in [0, 0.05) is 29.3 Å². The molecule has 142 valence electrons. The maximum atomic E-state index is 12.6. The minimum Gasteiger partial charge on any atom is -0.486 e. The van der Waals surface area contributed by atoms with Crippen LogP contribution in [0.4, 0.5) is 5.69 Å². The number of nitrogens with two attached hydrogens (primary N) is 1. The number of hydrogen-bond acceptors (Lipinski definition) is 6. The van der Waals surface area contributed by atoms with Gasteiger partial charge >= 0.3 is 0 Å². The molecule has 1 amide bonds. The van der Waals surface area contributed by atoms with E-state index >= 15 is 0 Å². The van der Waals surface area contributed by atoms with E-state index in [-0.39, 0.29) is 17.9 Å². The number of fused-ring (bicyclic) bond motifs is 1. The van der Waals surface area contributed by atoms with Gasteiger partial charge in [0.15, 0.2) is 11.5 Å². The third-order valence-electron chi connectivity index (χ3n) is 4.96. The van der Waals surface area contributed by atoms with Crippen LogP contribution in [0.3, 0.4) is 0 Å². The lowest BCUT2D eigenvalue weighted by Gasteiger charge is -2.21. The van der Waals surface area contributed by atoms with Gasteiger partial charge in [-0.15, -0.1) is 0 Å². The quantitative estimate of drug-likeness (QED) is 0.860. The molecule has 1 aromatic carbocycles. The number of aromatic nitrogens is 1. The predicted molar refractivity (Wildman–Crippen MR) is 101 cm³/mol. The Morgan fingerprint density at radius 1 is 1.26 bits per heavy atom. The molecule has 0 spiro atoms. The van der Waals surface area contributed by atoms with E-state index in [0.29, 0.717) is 42.0 Å². The van der Waals surface area contributed by atoms with Crippen molar-refractivity contribution in [1.29, 1.82) is 0 Å². The highest BCUT2D eigenvalue weighted by molar-refractivity contribution is 5.93. The van der Waals surface area contributed by atoms with E-state index in [2.05, 4.69) is 10.3 Å². The van der Waals surface area contributed by atoms with Crippen molar-refractivity contribution in [2.45, 2.75) is 25.3 Å². The second-order valence-electron chi connectivity index (χ2n) is 6.87. The summed E-state index contributed by atoms with van der Waals surface area (Å²) >= 11 is 0. The standard InChI is InChI=1S/C20H23N3O4/c1-25-18-11-14(22-20(24)12-5-6-13(21)9-12)10-16(23-18)15-3-2-4-17-19(15)27-8-7-26-17/h2-4,10-13H,5-9,21H2,1H3,(H,22,23,24)/t12-,13+/m1/s1. The van der Waals surface area contributed by atoms with Crippen molar-refractivity contribution in [3.8, 4) is 28.6 Å². The van der Waals surface area contributed by atoms with Gasteiger partial charge in [-0.25, -0.2) is 4.98 Å². The lowest BCUT2D eigenvalue weighted by molar-refractivity contribution is -0.119. The van der Waals surface area contributed by atoms with E-state index in [1.807, 2.05) is 24.3 Å². The molecule has 2 atom stereocenters. The molecule has 0 saturated heterocycles. The number of carbonyl (C=O) groups is 1. The summed E-state index contributed by atoms with van der Waals surface area (Å²) in [5.41, 5.74) is 8.01. The first kappa shape index (κ1) is 17.6. The molecule has 27 heavy (non-hydrogen) atoms. The zero-order chi connectivity index (χ0) is 18.8. The van der Waals surface area contributed by atoms with E-state index in [0.717, 1.165) is 24.8 Å². The lowest BCUT2D eigenvalue weighted by atomic mass is 10.1. The minimum atomic E-state index is -0.0520. The van der Waals surface area contributed by atoms with Crippen molar-refractivity contribution in [2.24, 2.45) is 11.7 Å². The number of methoxy groups -OCH3 is 1. The highest BCUT2D eigenvalue weighted by Crippen LogP contribution is 2.40. The third kappa shape index (κ3) is 3.68. The second-order valence-corrected chi connectivity index (χ2v) is 6.87. The molecule has 7 nitrogen and oxygen atoms in total. The van der Waals surface area contributed by atoms with Crippen molar-refractivity contribution < 1.29 is 19.0 Å². The molecular weight excluding hydrogens is 346 g/mol. The Bertz CT molecular complexity index is 855. The Balaban J connectivity index is 1.65. The zero-order valence-corrected chi connectivity index (χ0v) is 15.2. The van der Waals surface area contributed by atoms with Crippen LogP contribution in [-0.4, -0.2) is 37.3 Å². The first-order valence-electron chi connectivity index (χ1n) is 9.15. The van der Waals surface area contributed by atoms with Gasteiger partial charge in [-0.05, 0) is 37.5 Å². The number of rotatable bonds is 4. The molecule has 0 unspecified atom stereocenters. The molecule has 7 heteroatoms. The number of nitrogens with zero attached hydrogens (tertiary/aromatic N) is 1. The maximum Gasteiger partial charge on any atom is 0.227 e. The molecule has 1 aliphatic heterocycles. The van der Waals surface area contributed by atoms with Crippen LogP contribution in [0.1, 0.15) is 19.3 Å². The molecule has 2 aromatic rings. The number of pyridine rings is 1. The number of anilines is 1. The molecule has 0 radical (unpaired) electrons. The van der Waals surface area contributed by atoms with E-state index < -0.39 is 0 Å². The van der Waals surface area contributed by atoms with Crippen molar-refractivity contribution in [2.75, 3.05) is 25.6 Å². The van der Waals surface area contributed by atoms with Crippen molar-refractivity contribution in [3.63, 3.8) is 0 Å².